The van der Waals surface area contributed by atoms with Gasteiger partial charge in [0.2, 0.25) is 15.9 Å². The van der Waals surface area contributed by atoms with Gasteiger partial charge in [-0.1, -0.05) is 41.2 Å². The Bertz CT molecular complexity index is 1030. The molecule has 0 bridgehead atoms. The van der Waals surface area contributed by atoms with Crippen molar-refractivity contribution in [2.24, 2.45) is 0 Å². The number of sulfonamides is 1. The molecule has 0 spiro atoms. The summed E-state index contributed by atoms with van der Waals surface area (Å²) in [5.41, 5.74) is 0. The van der Waals surface area contributed by atoms with Gasteiger partial charge < -0.3 is 24.2 Å². The monoisotopic (exact) mass is 610 g/mol. The first-order valence-electron chi connectivity index (χ1n) is 13.3. The Hall–Kier alpha value is -0.690. The number of halogens is 3. The lowest BCUT2D eigenvalue weighted by atomic mass is 10.1. The van der Waals surface area contributed by atoms with E-state index in [0.717, 1.165) is 32.6 Å². The number of rotatable bonds is 9. The molecule has 0 aromatic heterocycles. The third kappa shape index (κ3) is 7.95. The molecule has 4 rings (SSSR count). The fourth-order valence-corrected chi connectivity index (χ4v) is 8.34. The summed E-state index contributed by atoms with van der Waals surface area (Å²) < 4.78 is 39.4. The minimum Gasteiger partial charge on any atom is -0.378 e. The summed E-state index contributed by atoms with van der Waals surface area (Å²) >= 11 is 18.4. The van der Waals surface area contributed by atoms with Crippen molar-refractivity contribution in [2.75, 3.05) is 85.3 Å². The molecule has 0 N–H and O–H groups in total. The summed E-state index contributed by atoms with van der Waals surface area (Å²) in [6.45, 7) is 8.13. The van der Waals surface area contributed by atoms with Gasteiger partial charge in [0.05, 0.1) is 35.9 Å². The number of nitrogens with zero attached hydrogens (tertiary/aromatic N) is 4. The first-order chi connectivity index (χ1) is 18.3. The Morgan fingerprint density at radius 1 is 0.895 bits per heavy atom. The number of benzene rings is 1. The van der Waals surface area contributed by atoms with Crippen LogP contribution in [0.5, 0.6) is 0 Å². The van der Waals surface area contributed by atoms with Crippen molar-refractivity contribution in [1.82, 2.24) is 19.0 Å². The Morgan fingerprint density at radius 3 is 2.26 bits per heavy atom. The highest BCUT2D eigenvalue weighted by atomic mass is 35.5. The van der Waals surface area contributed by atoms with E-state index in [1.807, 2.05) is 4.90 Å². The fraction of sp³-hybridized carbons (Fsp3) is 0.720. The number of piperidine rings is 1. The van der Waals surface area contributed by atoms with Gasteiger partial charge in [0, 0.05) is 44.3 Å². The summed E-state index contributed by atoms with van der Waals surface area (Å²) in [4.78, 5) is 19.5. The van der Waals surface area contributed by atoms with Gasteiger partial charge in [0.15, 0.2) is 0 Å². The molecule has 3 saturated heterocycles. The van der Waals surface area contributed by atoms with Crippen LogP contribution in [-0.4, -0.2) is 125 Å². The lowest BCUT2D eigenvalue weighted by Crippen LogP contribution is -2.51. The number of amides is 1. The smallest absolute Gasteiger partial charge is 0.248 e. The summed E-state index contributed by atoms with van der Waals surface area (Å²) in [6, 6.07) is 2.09. The molecular weight excluding hydrogens is 575 g/mol. The van der Waals surface area contributed by atoms with Gasteiger partial charge in [0.25, 0.3) is 0 Å². The third-order valence-corrected chi connectivity index (χ3v) is 10.5. The number of likely N-dealkylation sites (tertiary alicyclic amines) is 1. The molecule has 9 nitrogen and oxygen atoms in total. The molecule has 0 unspecified atom stereocenters. The van der Waals surface area contributed by atoms with Crippen molar-refractivity contribution < 1.29 is 22.7 Å². The molecule has 13 heteroatoms. The van der Waals surface area contributed by atoms with Crippen LogP contribution < -0.4 is 0 Å². The molecule has 3 aliphatic rings. The lowest BCUT2D eigenvalue weighted by molar-refractivity contribution is -0.137. The van der Waals surface area contributed by atoms with E-state index in [9.17, 15) is 13.2 Å². The van der Waals surface area contributed by atoms with Crippen LogP contribution in [0, 0.1) is 0 Å². The lowest BCUT2D eigenvalue weighted by Gasteiger charge is -2.34. The summed E-state index contributed by atoms with van der Waals surface area (Å²) in [6.07, 6.45) is 4.85. The van der Waals surface area contributed by atoms with Gasteiger partial charge in [-0.15, -0.1) is 0 Å². The molecule has 0 aliphatic carbocycles. The van der Waals surface area contributed by atoms with Crippen LogP contribution in [0.25, 0.3) is 0 Å². The minimum absolute atomic E-state index is 0.0175. The largest absolute Gasteiger partial charge is 0.378 e. The molecule has 3 heterocycles. The van der Waals surface area contributed by atoms with Gasteiger partial charge in [0.1, 0.15) is 11.5 Å². The topological polar surface area (TPSA) is 82.6 Å². The first-order valence-corrected chi connectivity index (χ1v) is 15.9. The van der Waals surface area contributed by atoms with Crippen molar-refractivity contribution in [3.63, 3.8) is 0 Å². The quantitative estimate of drug-likeness (QED) is 0.425. The van der Waals surface area contributed by atoms with Crippen LogP contribution in [0.4, 0.5) is 0 Å². The van der Waals surface area contributed by atoms with Crippen molar-refractivity contribution in [3.8, 4) is 0 Å². The Labute approximate surface area is 240 Å². The molecule has 1 aromatic rings. The maximum atomic E-state index is 13.4. The normalized spacial score (nSPS) is 22.9. The summed E-state index contributed by atoms with van der Waals surface area (Å²) in [7, 11) is -4.04. The second kappa shape index (κ2) is 14.3. The molecule has 1 amide bonds. The zero-order chi connectivity index (χ0) is 27.1. The third-order valence-electron chi connectivity index (χ3n) is 7.36. The zero-order valence-electron chi connectivity index (χ0n) is 21.6. The standard InChI is InChI=1S/C25H37Cl3N4O5S/c26-20-15-22(27)25(23(28)16-20)38(34,35)32-13-14-36-17-21(32)18-37-19-24(33)31-8-4-7-30(11-12-31)10-9-29-5-2-1-3-6-29/h15-16,21H,1-14,17-19H2/t21-/m0/s1. The molecule has 0 radical (unpaired) electrons. The van der Waals surface area contributed by atoms with E-state index in [2.05, 4.69) is 9.80 Å². The molecule has 0 saturated carbocycles. The van der Waals surface area contributed by atoms with Crippen LogP contribution in [0.1, 0.15) is 25.7 Å². The van der Waals surface area contributed by atoms with E-state index in [4.69, 9.17) is 44.3 Å². The predicted octanol–water partition coefficient (Wildman–Crippen LogP) is 3.07. The average molecular weight is 612 g/mol. The highest BCUT2D eigenvalue weighted by Gasteiger charge is 2.37. The van der Waals surface area contributed by atoms with E-state index in [-0.39, 0.29) is 58.8 Å². The van der Waals surface area contributed by atoms with Gasteiger partial charge in [-0.05, 0) is 51.0 Å². The van der Waals surface area contributed by atoms with Crippen molar-refractivity contribution in [2.45, 2.75) is 36.6 Å². The second-order valence-corrected chi connectivity index (χ2v) is 13.1. The van der Waals surface area contributed by atoms with Gasteiger partial charge in [-0.25, -0.2) is 8.42 Å². The van der Waals surface area contributed by atoms with Crippen molar-refractivity contribution >= 4 is 50.7 Å². The highest BCUT2D eigenvalue weighted by molar-refractivity contribution is 7.89. The maximum absolute atomic E-state index is 13.4. The molecule has 3 fully saturated rings. The Kier molecular flexibility index (Phi) is 11.4. The first kappa shape index (κ1) is 30.3. The van der Waals surface area contributed by atoms with Crippen LogP contribution in [0.2, 0.25) is 15.1 Å². The average Bonchev–Trinajstić information content (AvgIpc) is 3.13. The van der Waals surface area contributed by atoms with Crippen LogP contribution in [0.3, 0.4) is 0 Å². The molecule has 1 aromatic carbocycles. The SMILES string of the molecule is O=C(COC[C@@H]1COCCN1S(=O)(=O)c1c(Cl)cc(Cl)cc1Cl)N1CCCN(CCN2CCCCC2)CC1. The van der Waals surface area contributed by atoms with Crippen molar-refractivity contribution in [1.29, 1.82) is 0 Å². The number of hydrogen-bond acceptors (Lipinski definition) is 7. The van der Waals surface area contributed by atoms with Gasteiger partial charge in [-0.2, -0.15) is 4.31 Å². The van der Waals surface area contributed by atoms with E-state index in [1.54, 1.807) is 0 Å². The summed E-state index contributed by atoms with van der Waals surface area (Å²) in [5.74, 6) is -0.0854. The molecule has 214 valence electrons. The van der Waals surface area contributed by atoms with Gasteiger partial charge in [-0.3, -0.25) is 4.79 Å². The molecule has 3 aliphatic heterocycles. The number of morpholine rings is 1. The number of ether oxygens (including phenoxy) is 2. The van der Waals surface area contributed by atoms with E-state index in [1.165, 1.54) is 48.8 Å². The number of hydrogen-bond donors (Lipinski definition) is 0. The number of carbonyl (C=O) groups excluding carboxylic acids is 1. The summed E-state index contributed by atoms with van der Waals surface area (Å²) in [5, 5.41) is 0.155. The van der Waals surface area contributed by atoms with Crippen LogP contribution in [0.15, 0.2) is 17.0 Å². The minimum atomic E-state index is -4.04. The van der Waals surface area contributed by atoms with Crippen LogP contribution in [-0.2, 0) is 24.3 Å². The van der Waals surface area contributed by atoms with E-state index < -0.39 is 16.1 Å². The molecule has 38 heavy (non-hydrogen) atoms. The highest BCUT2D eigenvalue weighted by Crippen LogP contribution is 2.35. The van der Waals surface area contributed by atoms with Crippen molar-refractivity contribution in [3.05, 3.63) is 27.2 Å². The molecular formula is C25H37Cl3N4O5S. The van der Waals surface area contributed by atoms with E-state index >= 15 is 0 Å². The second-order valence-electron chi connectivity index (χ2n) is 10.0. The molecule has 1 atom stereocenters. The fourth-order valence-electron chi connectivity index (χ4n) is 5.26. The van der Waals surface area contributed by atoms with Crippen LogP contribution >= 0.6 is 34.8 Å². The zero-order valence-corrected chi connectivity index (χ0v) is 24.7. The maximum Gasteiger partial charge on any atom is 0.248 e. The van der Waals surface area contributed by atoms with Gasteiger partial charge >= 0.3 is 0 Å². The Morgan fingerprint density at radius 2 is 1.55 bits per heavy atom. The predicted molar refractivity (Wildman–Crippen MR) is 149 cm³/mol. The van der Waals surface area contributed by atoms with E-state index in [0.29, 0.717) is 13.1 Å². The Balaban J connectivity index is 1.26. The number of carbonyl (C=O) groups is 1.